The van der Waals surface area contributed by atoms with Gasteiger partial charge in [-0.3, -0.25) is 9.52 Å². The van der Waals surface area contributed by atoms with Crippen LogP contribution in [0.2, 0.25) is 0 Å². The van der Waals surface area contributed by atoms with E-state index < -0.39 is 15.8 Å². The number of anilines is 2. The molecule has 0 saturated heterocycles. The van der Waals surface area contributed by atoms with Crippen molar-refractivity contribution in [3.05, 3.63) is 48.3 Å². The van der Waals surface area contributed by atoms with Gasteiger partial charge in [-0.25, -0.2) is 12.8 Å². The van der Waals surface area contributed by atoms with Crippen LogP contribution in [0, 0.1) is 5.82 Å². The Hall–Kier alpha value is -2.61. The number of benzene rings is 2. The maximum Gasteiger partial charge on any atom is 0.261 e. The van der Waals surface area contributed by atoms with Gasteiger partial charge in [0, 0.05) is 20.0 Å². The lowest BCUT2D eigenvalue weighted by Gasteiger charge is -2.20. The van der Waals surface area contributed by atoms with Gasteiger partial charge in [-0.2, -0.15) is 0 Å². The first-order chi connectivity index (χ1) is 11.7. The van der Waals surface area contributed by atoms with Crippen molar-refractivity contribution < 1.29 is 22.3 Å². The molecule has 1 N–H and O–H groups in total. The number of hydrogen-bond acceptors (Lipinski definition) is 4. The van der Waals surface area contributed by atoms with Gasteiger partial charge < -0.3 is 9.64 Å². The molecule has 0 atom stereocenters. The number of nitrogens with zero attached hydrogens (tertiary/aromatic N) is 1. The standard InChI is InChI=1S/C17H19FN2O4S/c1-4-24-14-6-8-15(9-7-14)25(22,23)19-16-11-13(18)5-10-17(16)20(3)12(2)21/h5-11,19H,4H2,1-3H3. The Labute approximate surface area is 146 Å². The van der Waals surface area contributed by atoms with Crippen LogP contribution in [0.4, 0.5) is 15.8 Å². The Morgan fingerprint density at radius 2 is 1.84 bits per heavy atom. The van der Waals surface area contributed by atoms with Crippen molar-refractivity contribution in [1.82, 2.24) is 0 Å². The highest BCUT2D eigenvalue weighted by molar-refractivity contribution is 7.92. The molecule has 25 heavy (non-hydrogen) atoms. The predicted molar refractivity (Wildman–Crippen MR) is 93.9 cm³/mol. The number of sulfonamides is 1. The fourth-order valence-corrected chi connectivity index (χ4v) is 3.20. The minimum Gasteiger partial charge on any atom is -0.494 e. The summed E-state index contributed by atoms with van der Waals surface area (Å²) in [6.07, 6.45) is 0. The second kappa shape index (κ2) is 7.52. The molecule has 0 aliphatic carbocycles. The molecule has 0 unspecified atom stereocenters. The van der Waals surface area contributed by atoms with E-state index in [0.29, 0.717) is 12.4 Å². The summed E-state index contributed by atoms with van der Waals surface area (Å²) < 4.78 is 46.3. The summed E-state index contributed by atoms with van der Waals surface area (Å²) in [6.45, 7) is 3.62. The monoisotopic (exact) mass is 366 g/mol. The van der Waals surface area contributed by atoms with E-state index in [0.717, 1.165) is 12.1 Å². The second-order valence-electron chi connectivity index (χ2n) is 5.25. The fraction of sp³-hybridized carbons (Fsp3) is 0.235. The molecule has 2 aromatic rings. The topological polar surface area (TPSA) is 75.7 Å². The smallest absolute Gasteiger partial charge is 0.261 e. The van der Waals surface area contributed by atoms with Gasteiger partial charge in [0.2, 0.25) is 5.91 Å². The van der Waals surface area contributed by atoms with Gasteiger partial charge in [-0.05, 0) is 43.3 Å². The van der Waals surface area contributed by atoms with Gasteiger partial charge in [0.05, 0.1) is 22.9 Å². The number of carbonyl (C=O) groups is 1. The highest BCUT2D eigenvalue weighted by Crippen LogP contribution is 2.29. The average Bonchev–Trinajstić information content (AvgIpc) is 2.55. The average molecular weight is 366 g/mol. The molecule has 2 aromatic carbocycles. The van der Waals surface area contributed by atoms with Crippen LogP contribution in [0.1, 0.15) is 13.8 Å². The molecule has 0 aromatic heterocycles. The summed E-state index contributed by atoms with van der Waals surface area (Å²) in [4.78, 5) is 12.8. The summed E-state index contributed by atoms with van der Waals surface area (Å²) in [6, 6.07) is 9.37. The Balaban J connectivity index is 2.37. The molecule has 0 aliphatic rings. The normalized spacial score (nSPS) is 11.0. The molecular formula is C17H19FN2O4S. The summed E-state index contributed by atoms with van der Waals surface area (Å²) in [5, 5.41) is 0. The summed E-state index contributed by atoms with van der Waals surface area (Å²) >= 11 is 0. The van der Waals surface area contributed by atoms with Crippen LogP contribution in [-0.4, -0.2) is 28.0 Å². The van der Waals surface area contributed by atoms with Gasteiger partial charge in [-0.1, -0.05) is 0 Å². The Morgan fingerprint density at radius 3 is 2.40 bits per heavy atom. The van der Waals surface area contributed by atoms with Crippen molar-refractivity contribution in [2.75, 3.05) is 23.3 Å². The van der Waals surface area contributed by atoms with E-state index in [1.54, 1.807) is 0 Å². The van der Waals surface area contributed by atoms with E-state index in [9.17, 15) is 17.6 Å². The maximum absolute atomic E-state index is 13.6. The van der Waals surface area contributed by atoms with Gasteiger partial charge >= 0.3 is 0 Å². The molecule has 0 bridgehead atoms. The molecule has 0 aliphatic heterocycles. The molecule has 6 nitrogen and oxygen atoms in total. The molecule has 1 amide bonds. The van der Waals surface area contributed by atoms with Crippen molar-refractivity contribution >= 4 is 27.3 Å². The van der Waals surface area contributed by atoms with E-state index in [1.165, 1.54) is 49.2 Å². The van der Waals surface area contributed by atoms with Crippen LogP contribution in [0.25, 0.3) is 0 Å². The number of ether oxygens (including phenoxy) is 1. The number of nitrogens with one attached hydrogen (secondary N) is 1. The van der Waals surface area contributed by atoms with Crippen LogP contribution >= 0.6 is 0 Å². The van der Waals surface area contributed by atoms with Crippen LogP contribution in [0.15, 0.2) is 47.4 Å². The van der Waals surface area contributed by atoms with Crippen molar-refractivity contribution in [2.24, 2.45) is 0 Å². The third-order valence-corrected chi connectivity index (χ3v) is 4.86. The summed E-state index contributed by atoms with van der Waals surface area (Å²) in [5.41, 5.74) is 0.231. The number of rotatable bonds is 6. The highest BCUT2D eigenvalue weighted by atomic mass is 32.2. The van der Waals surface area contributed by atoms with Crippen LogP contribution < -0.4 is 14.4 Å². The zero-order chi connectivity index (χ0) is 18.6. The van der Waals surface area contributed by atoms with E-state index >= 15 is 0 Å². The van der Waals surface area contributed by atoms with E-state index in [4.69, 9.17) is 4.74 Å². The number of halogens is 1. The first-order valence-corrected chi connectivity index (χ1v) is 9.02. The van der Waals surface area contributed by atoms with Crippen molar-refractivity contribution in [3.8, 4) is 5.75 Å². The first-order valence-electron chi connectivity index (χ1n) is 7.54. The Bertz CT molecular complexity index is 867. The lowest BCUT2D eigenvalue weighted by Crippen LogP contribution is -2.25. The molecule has 8 heteroatoms. The molecule has 0 radical (unpaired) electrons. The third-order valence-electron chi connectivity index (χ3n) is 3.48. The molecule has 0 heterocycles. The molecule has 0 fully saturated rings. The zero-order valence-electron chi connectivity index (χ0n) is 14.1. The first kappa shape index (κ1) is 18.7. The Morgan fingerprint density at radius 1 is 1.20 bits per heavy atom. The third kappa shape index (κ3) is 4.48. The van der Waals surface area contributed by atoms with E-state index in [2.05, 4.69) is 4.72 Å². The lowest BCUT2D eigenvalue weighted by molar-refractivity contribution is -0.116. The zero-order valence-corrected chi connectivity index (χ0v) is 14.9. The maximum atomic E-state index is 13.6. The van der Waals surface area contributed by atoms with Gasteiger partial charge in [-0.15, -0.1) is 0 Å². The number of amides is 1. The van der Waals surface area contributed by atoms with Crippen LogP contribution in [0.5, 0.6) is 5.75 Å². The fourth-order valence-electron chi connectivity index (χ4n) is 2.14. The van der Waals surface area contributed by atoms with E-state index in [-0.39, 0.29) is 22.2 Å². The lowest BCUT2D eigenvalue weighted by atomic mass is 10.2. The van der Waals surface area contributed by atoms with Crippen LogP contribution in [0.3, 0.4) is 0 Å². The molecule has 134 valence electrons. The second-order valence-corrected chi connectivity index (χ2v) is 6.93. The highest BCUT2D eigenvalue weighted by Gasteiger charge is 2.19. The minimum absolute atomic E-state index is 0.00311. The van der Waals surface area contributed by atoms with Crippen molar-refractivity contribution in [3.63, 3.8) is 0 Å². The largest absolute Gasteiger partial charge is 0.494 e. The summed E-state index contributed by atoms with van der Waals surface area (Å²) in [5.74, 6) is -0.387. The Kier molecular flexibility index (Phi) is 5.63. The van der Waals surface area contributed by atoms with Gasteiger partial charge in [0.1, 0.15) is 11.6 Å². The van der Waals surface area contributed by atoms with Crippen molar-refractivity contribution in [1.29, 1.82) is 0 Å². The van der Waals surface area contributed by atoms with Crippen LogP contribution in [-0.2, 0) is 14.8 Å². The molecule has 0 saturated carbocycles. The summed E-state index contributed by atoms with van der Waals surface area (Å²) in [7, 11) is -2.48. The number of hydrogen-bond donors (Lipinski definition) is 1. The molecular weight excluding hydrogens is 347 g/mol. The quantitative estimate of drug-likeness (QED) is 0.853. The van der Waals surface area contributed by atoms with Gasteiger partial charge in [0.15, 0.2) is 0 Å². The minimum atomic E-state index is -3.95. The SMILES string of the molecule is CCOc1ccc(S(=O)(=O)Nc2cc(F)ccc2N(C)C(C)=O)cc1. The molecule has 0 spiro atoms. The van der Waals surface area contributed by atoms with Gasteiger partial charge in [0.25, 0.3) is 10.0 Å². The van der Waals surface area contributed by atoms with Crippen molar-refractivity contribution in [2.45, 2.75) is 18.7 Å². The number of carbonyl (C=O) groups excluding carboxylic acids is 1. The molecule has 2 rings (SSSR count). The predicted octanol–water partition coefficient (Wildman–Crippen LogP) is 3.01. The van der Waals surface area contributed by atoms with E-state index in [1.807, 2.05) is 6.92 Å².